The zero-order valence-electron chi connectivity index (χ0n) is 6.25. The molecule has 10 heavy (non-hydrogen) atoms. The lowest BCUT2D eigenvalue weighted by Crippen LogP contribution is -2.41. The Bertz CT molecular complexity index is 215. The van der Waals surface area contributed by atoms with E-state index in [1.54, 1.807) is 13.8 Å². The Hall–Kier alpha value is -0.0900. The van der Waals surface area contributed by atoms with Gasteiger partial charge in [-0.1, -0.05) is 0 Å². The summed E-state index contributed by atoms with van der Waals surface area (Å²) in [6.07, 6.45) is 0. The van der Waals surface area contributed by atoms with Gasteiger partial charge in [-0.15, -0.1) is 0 Å². The van der Waals surface area contributed by atoms with Gasteiger partial charge >= 0.3 is 0 Å². The molecule has 0 aromatic rings. The number of ether oxygens (including phenoxy) is 1. The van der Waals surface area contributed by atoms with Gasteiger partial charge in [-0.2, -0.15) is 0 Å². The van der Waals surface area contributed by atoms with Crippen LogP contribution in [0.25, 0.3) is 0 Å². The van der Waals surface area contributed by atoms with Crippen molar-refractivity contribution in [3.05, 3.63) is 0 Å². The topological polar surface area (TPSA) is 43.4 Å². The van der Waals surface area contributed by atoms with Gasteiger partial charge in [0.05, 0.1) is 23.7 Å². The molecule has 0 spiro atoms. The first-order chi connectivity index (χ1) is 4.41. The summed E-state index contributed by atoms with van der Waals surface area (Å²) in [7, 11) is -2.82. The maximum absolute atomic E-state index is 11.0. The summed E-state index contributed by atoms with van der Waals surface area (Å²) in [6, 6.07) is 0. The van der Waals surface area contributed by atoms with Crippen LogP contribution in [-0.4, -0.2) is 32.1 Å². The van der Waals surface area contributed by atoms with E-state index < -0.39 is 15.4 Å². The van der Waals surface area contributed by atoms with E-state index in [4.69, 9.17) is 4.74 Å². The van der Waals surface area contributed by atoms with Crippen molar-refractivity contribution in [2.75, 3.05) is 18.1 Å². The molecule has 1 aliphatic heterocycles. The summed E-state index contributed by atoms with van der Waals surface area (Å²) >= 11 is 0. The molecule has 3 nitrogen and oxygen atoms in total. The highest BCUT2D eigenvalue weighted by atomic mass is 32.2. The summed E-state index contributed by atoms with van der Waals surface area (Å²) in [5.41, 5.74) is -0.475. The highest BCUT2D eigenvalue weighted by molar-refractivity contribution is 7.91. The maximum Gasteiger partial charge on any atom is 0.155 e. The van der Waals surface area contributed by atoms with Gasteiger partial charge in [0.15, 0.2) is 9.84 Å². The summed E-state index contributed by atoms with van der Waals surface area (Å²) in [4.78, 5) is 0. The van der Waals surface area contributed by atoms with Gasteiger partial charge in [-0.3, -0.25) is 0 Å². The lowest BCUT2D eigenvalue weighted by atomic mass is 10.2. The molecule has 1 heterocycles. The van der Waals surface area contributed by atoms with E-state index in [1.165, 1.54) is 0 Å². The fraction of sp³-hybridized carbons (Fsp3) is 1.00. The van der Waals surface area contributed by atoms with E-state index in [0.717, 1.165) is 0 Å². The first-order valence-corrected chi connectivity index (χ1v) is 5.08. The third kappa shape index (κ3) is 1.95. The standard InChI is InChI=1S/C6H12O3S/c1-6(2)5-10(7,8)4-3-9-6/h3-5H2,1-2H3. The van der Waals surface area contributed by atoms with Crippen LogP contribution in [0.5, 0.6) is 0 Å². The van der Waals surface area contributed by atoms with Crippen molar-refractivity contribution in [2.45, 2.75) is 19.4 Å². The molecule has 1 fully saturated rings. The van der Waals surface area contributed by atoms with Gasteiger partial charge in [0, 0.05) is 0 Å². The summed E-state index contributed by atoms with van der Waals surface area (Å²) in [5, 5.41) is 0. The third-order valence-corrected chi connectivity index (χ3v) is 3.38. The molecule has 1 aliphatic rings. The zero-order valence-corrected chi connectivity index (χ0v) is 7.07. The number of hydrogen-bond donors (Lipinski definition) is 0. The Labute approximate surface area is 61.3 Å². The predicted molar refractivity (Wildman–Crippen MR) is 38.7 cm³/mol. The Kier molecular flexibility index (Phi) is 1.76. The average molecular weight is 164 g/mol. The molecule has 0 radical (unpaired) electrons. The Morgan fingerprint density at radius 3 is 2.30 bits per heavy atom. The van der Waals surface area contributed by atoms with Crippen molar-refractivity contribution in [1.29, 1.82) is 0 Å². The first kappa shape index (κ1) is 8.01. The quantitative estimate of drug-likeness (QED) is 0.514. The smallest absolute Gasteiger partial charge is 0.155 e. The normalized spacial score (nSPS) is 29.8. The second kappa shape index (κ2) is 2.20. The van der Waals surface area contributed by atoms with Crippen molar-refractivity contribution in [1.82, 2.24) is 0 Å². The highest BCUT2D eigenvalue weighted by Crippen LogP contribution is 2.17. The Morgan fingerprint density at radius 1 is 1.40 bits per heavy atom. The number of sulfone groups is 1. The molecule has 0 unspecified atom stereocenters. The van der Waals surface area contributed by atoms with Crippen LogP contribution in [0.4, 0.5) is 0 Å². The molecule has 60 valence electrons. The number of hydrogen-bond acceptors (Lipinski definition) is 3. The van der Waals surface area contributed by atoms with Gasteiger partial charge in [0.1, 0.15) is 0 Å². The molecule has 0 saturated carbocycles. The Balaban J connectivity index is 2.75. The minimum atomic E-state index is -2.82. The highest BCUT2D eigenvalue weighted by Gasteiger charge is 2.31. The molecule has 0 aromatic heterocycles. The van der Waals surface area contributed by atoms with Crippen molar-refractivity contribution in [3.63, 3.8) is 0 Å². The monoisotopic (exact) mass is 164 g/mol. The van der Waals surface area contributed by atoms with Crippen molar-refractivity contribution < 1.29 is 13.2 Å². The van der Waals surface area contributed by atoms with Gasteiger partial charge in [-0.05, 0) is 13.8 Å². The number of rotatable bonds is 0. The molecule has 4 heteroatoms. The maximum atomic E-state index is 11.0. The van der Waals surface area contributed by atoms with E-state index in [-0.39, 0.29) is 11.5 Å². The van der Waals surface area contributed by atoms with E-state index in [0.29, 0.717) is 6.61 Å². The van der Waals surface area contributed by atoms with E-state index in [9.17, 15) is 8.42 Å². The van der Waals surface area contributed by atoms with Crippen LogP contribution in [0.1, 0.15) is 13.8 Å². The van der Waals surface area contributed by atoms with E-state index in [2.05, 4.69) is 0 Å². The average Bonchev–Trinajstić information content (AvgIpc) is 1.56. The summed E-state index contributed by atoms with van der Waals surface area (Å²) in [6.45, 7) is 3.93. The minimum Gasteiger partial charge on any atom is -0.373 e. The molecule has 0 bridgehead atoms. The van der Waals surface area contributed by atoms with Crippen LogP contribution in [-0.2, 0) is 14.6 Å². The molecule has 0 N–H and O–H groups in total. The molecular formula is C6H12O3S. The molecule has 1 saturated heterocycles. The lowest BCUT2D eigenvalue weighted by molar-refractivity contribution is 0.00178. The molecule has 0 aromatic carbocycles. The van der Waals surface area contributed by atoms with Crippen LogP contribution in [0, 0.1) is 0 Å². The van der Waals surface area contributed by atoms with Crippen LogP contribution in [0.2, 0.25) is 0 Å². The fourth-order valence-electron chi connectivity index (χ4n) is 1.09. The molecular weight excluding hydrogens is 152 g/mol. The molecule has 0 aliphatic carbocycles. The van der Waals surface area contributed by atoms with Crippen LogP contribution in [0.3, 0.4) is 0 Å². The van der Waals surface area contributed by atoms with Crippen molar-refractivity contribution >= 4 is 9.84 Å². The van der Waals surface area contributed by atoms with Crippen LogP contribution < -0.4 is 0 Å². The van der Waals surface area contributed by atoms with Crippen molar-refractivity contribution in [2.24, 2.45) is 0 Å². The van der Waals surface area contributed by atoms with Crippen molar-refractivity contribution in [3.8, 4) is 0 Å². The van der Waals surface area contributed by atoms with E-state index >= 15 is 0 Å². The molecule has 1 rings (SSSR count). The second-order valence-electron chi connectivity index (χ2n) is 3.20. The van der Waals surface area contributed by atoms with Gasteiger partial charge in [0.2, 0.25) is 0 Å². The SMILES string of the molecule is CC1(C)CS(=O)(=O)CCO1. The molecule has 0 amide bonds. The van der Waals surface area contributed by atoms with Gasteiger partial charge in [0.25, 0.3) is 0 Å². The summed E-state index contributed by atoms with van der Waals surface area (Å²) < 4.78 is 27.2. The predicted octanol–water partition coefficient (Wildman–Crippen LogP) is 0.210. The third-order valence-electron chi connectivity index (χ3n) is 1.45. The lowest BCUT2D eigenvalue weighted by Gasteiger charge is -2.29. The second-order valence-corrected chi connectivity index (χ2v) is 5.38. The van der Waals surface area contributed by atoms with E-state index in [1.807, 2.05) is 0 Å². The summed E-state index contributed by atoms with van der Waals surface area (Å²) in [5.74, 6) is 0.330. The van der Waals surface area contributed by atoms with Gasteiger partial charge < -0.3 is 4.74 Å². The molecule has 0 atom stereocenters. The van der Waals surface area contributed by atoms with Gasteiger partial charge in [-0.25, -0.2) is 8.42 Å². The zero-order chi connectivity index (χ0) is 7.83. The fourth-order valence-corrected chi connectivity index (χ4v) is 2.71. The first-order valence-electron chi connectivity index (χ1n) is 3.26. The van der Waals surface area contributed by atoms with Crippen LogP contribution >= 0.6 is 0 Å². The van der Waals surface area contributed by atoms with Crippen LogP contribution in [0.15, 0.2) is 0 Å². The largest absolute Gasteiger partial charge is 0.373 e. The Morgan fingerprint density at radius 2 is 2.00 bits per heavy atom. The minimum absolute atomic E-state index is 0.153.